The average Bonchev–Trinajstić information content (AvgIpc) is 3.12. The summed E-state index contributed by atoms with van der Waals surface area (Å²) in [4.78, 5) is 19.8. The maximum atomic E-state index is 13.1. The molecule has 3 heterocycles. The number of pyridine rings is 1. The zero-order chi connectivity index (χ0) is 22.9. The molecule has 1 fully saturated rings. The topological polar surface area (TPSA) is 50.2 Å². The standard InChI is InChI=1S/C23H23ClF2N4OS/c1-3-6-32-19-9-16(24)8-17(10-19)28-22(31)15-7-21(29(2)12-15)20-5-4-18(11-27-20)30-13-23(25,26)14-30/h4-5,7-12H,3,6,13-14H2,1-2H3,(H,28,31). The predicted molar refractivity (Wildman–Crippen MR) is 126 cm³/mol. The number of hydrogen-bond acceptors (Lipinski definition) is 4. The second-order valence-electron chi connectivity index (χ2n) is 7.82. The molecular formula is C23H23ClF2N4OS. The Morgan fingerprint density at radius 2 is 2.03 bits per heavy atom. The number of hydrogen-bond donors (Lipinski definition) is 1. The lowest BCUT2D eigenvalue weighted by Crippen LogP contribution is -2.56. The molecule has 1 N–H and O–H groups in total. The van der Waals surface area contributed by atoms with Gasteiger partial charge in [0.15, 0.2) is 0 Å². The van der Waals surface area contributed by atoms with Crippen LogP contribution in [0.5, 0.6) is 0 Å². The highest BCUT2D eigenvalue weighted by Crippen LogP contribution is 2.32. The van der Waals surface area contributed by atoms with Gasteiger partial charge in [-0.2, -0.15) is 0 Å². The van der Waals surface area contributed by atoms with Crippen LogP contribution >= 0.6 is 23.4 Å². The first kappa shape index (κ1) is 22.6. The zero-order valence-electron chi connectivity index (χ0n) is 17.7. The molecule has 4 rings (SSSR count). The highest BCUT2D eigenvalue weighted by atomic mass is 35.5. The van der Waals surface area contributed by atoms with Gasteiger partial charge in [-0.05, 0) is 48.6 Å². The van der Waals surface area contributed by atoms with E-state index in [1.54, 1.807) is 53.3 Å². The minimum Gasteiger partial charge on any atom is -0.358 e. The fourth-order valence-electron chi connectivity index (χ4n) is 3.50. The summed E-state index contributed by atoms with van der Waals surface area (Å²) in [6.07, 6.45) is 4.36. The van der Waals surface area contributed by atoms with Gasteiger partial charge in [-0.15, -0.1) is 11.8 Å². The molecule has 32 heavy (non-hydrogen) atoms. The third kappa shape index (κ3) is 5.07. The van der Waals surface area contributed by atoms with Crippen molar-refractivity contribution in [2.45, 2.75) is 24.2 Å². The van der Waals surface area contributed by atoms with Gasteiger partial charge in [-0.3, -0.25) is 9.78 Å². The van der Waals surface area contributed by atoms with Crippen LogP contribution in [0.2, 0.25) is 5.02 Å². The van der Waals surface area contributed by atoms with Crippen LogP contribution in [-0.2, 0) is 7.05 Å². The van der Waals surface area contributed by atoms with Crippen LogP contribution < -0.4 is 10.2 Å². The molecule has 0 bridgehead atoms. The summed E-state index contributed by atoms with van der Waals surface area (Å²) in [7, 11) is 1.83. The number of nitrogens with one attached hydrogen (secondary N) is 1. The Morgan fingerprint density at radius 3 is 2.69 bits per heavy atom. The third-order valence-corrected chi connectivity index (χ3v) is 6.49. The lowest BCUT2D eigenvalue weighted by atomic mass is 10.1. The fraction of sp³-hybridized carbons (Fsp3) is 0.304. The van der Waals surface area contributed by atoms with Gasteiger partial charge in [0.25, 0.3) is 11.8 Å². The molecule has 0 atom stereocenters. The van der Waals surface area contributed by atoms with Crippen molar-refractivity contribution in [2.24, 2.45) is 7.05 Å². The maximum Gasteiger partial charge on any atom is 0.282 e. The lowest BCUT2D eigenvalue weighted by molar-refractivity contribution is -0.0262. The van der Waals surface area contributed by atoms with E-state index in [9.17, 15) is 13.6 Å². The number of benzene rings is 1. The minimum atomic E-state index is -2.63. The first-order chi connectivity index (χ1) is 15.2. The number of aryl methyl sites for hydroxylation is 1. The molecule has 1 aromatic carbocycles. The minimum absolute atomic E-state index is 0.250. The molecule has 1 amide bonds. The number of amides is 1. The molecule has 0 aliphatic carbocycles. The number of aromatic nitrogens is 2. The van der Waals surface area contributed by atoms with E-state index in [1.807, 2.05) is 23.7 Å². The van der Waals surface area contributed by atoms with E-state index in [1.165, 1.54) is 0 Å². The summed E-state index contributed by atoms with van der Waals surface area (Å²) in [6, 6.07) is 10.8. The average molecular weight is 477 g/mol. The third-order valence-electron chi connectivity index (χ3n) is 5.09. The molecule has 9 heteroatoms. The van der Waals surface area contributed by atoms with Crippen molar-refractivity contribution in [1.29, 1.82) is 0 Å². The van der Waals surface area contributed by atoms with E-state index in [2.05, 4.69) is 17.2 Å². The number of carbonyl (C=O) groups excluding carboxylic acids is 1. The van der Waals surface area contributed by atoms with Crippen molar-refractivity contribution in [2.75, 3.05) is 29.1 Å². The highest BCUT2D eigenvalue weighted by Gasteiger charge is 2.44. The molecule has 5 nitrogen and oxygen atoms in total. The van der Waals surface area contributed by atoms with Gasteiger partial charge in [0.2, 0.25) is 0 Å². The molecule has 2 aromatic heterocycles. The van der Waals surface area contributed by atoms with Crippen LogP contribution in [-0.4, -0.2) is 40.2 Å². The Morgan fingerprint density at radius 1 is 1.25 bits per heavy atom. The number of rotatable bonds is 7. The number of alkyl halides is 2. The number of thioether (sulfide) groups is 1. The number of nitrogens with zero attached hydrogens (tertiary/aromatic N) is 3. The first-order valence-corrected chi connectivity index (χ1v) is 11.6. The maximum absolute atomic E-state index is 13.1. The molecule has 1 saturated heterocycles. The van der Waals surface area contributed by atoms with Crippen LogP contribution in [0.4, 0.5) is 20.2 Å². The van der Waals surface area contributed by atoms with Gasteiger partial charge in [-0.25, -0.2) is 8.78 Å². The molecule has 0 unspecified atom stereocenters. The van der Waals surface area contributed by atoms with Crippen LogP contribution in [0, 0.1) is 0 Å². The Bertz CT molecular complexity index is 1130. The highest BCUT2D eigenvalue weighted by molar-refractivity contribution is 7.99. The van der Waals surface area contributed by atoms with Gasteiger partial charge >= 0.3 is 0 Å². The second-order valence-corrected chi connectivity index (χ2v) is 9.42. The van der Waals surface area contributed by atoms with Crippen molar-refractivity contribution in [1.82, 2.24) is 9.55 Å². The Hall–Kier alpha value is -2.58. The van der Waals surface area contributed by atoms with E-state index in [4.69, 9.17) is 11.6 Å². The fourth-order valence-corrected chi connectivity index (χ4v) is 4.66. The van der Waals surface area contributed by atoms with Crippen molar-refractivity contribution in [3.8, 4) is 11.4 Å². The van der Waals surface area contributed by atoms with Gasteiger partial charge in [0.05, 0.1) is 41.9 Å². The van der Waals surface area contributed by atoms with Crippen LogP contribution in [0.1, 0.15) is 23.7 Å². The Labute approximate surface area is 194 Å². The van der Waals surface area contributed by atoms with Crippen LogP contribution in [0.25, 0.3) is 11.4 Å². The normalized spacial score (nSPS) is 14.8. The van der Waals surface area contributed by atoms with Crippen LogP contribution in [0.15, 0.2) is 53.7 Å². The predicted octanol–water partition coefficient (Wildman–Crippen LogP) is 5.95. The van der Waals surface area contributed by atoms with E-state index >= 15 is 0 Å². The quantitative estimate of drug-likeness (QED) is 0.428. The first-order valence-electron chi connectivity index (χ1n) is 10.2. The number of anilines is 2. The van der Waals surface area contributed by atoms with Crippen molar-refractivity contribution in [3.05, 3.63) is 59.4 Å². The van der Waals surface area contributed by atoms with Gasteiger partial charge in [-0.1, -0.05) is 18.5 Å². The molecule has 0 saturated carbocycles. The van der Waals surface area contributed by atoms with Crippen molar-refractivity contribution < 1.29 is 13.6 Å². The van der Waals surface area contributed by atoms with E-state index in [-0.39, 0.29) is 19.0 Å². The molecule has 1 aliphatic heterocycles. The van der Waals surface area contributed by atoms with E-state index < -0.39 is 5.92 Å². The Balaban J connectivity index is 1.47. The number of carbonyl (C=O) groups is 1. The molecule has 168 valence electrons. The molecule has 1 aliphatic rings. The van der Waals surface area contributed by atoms with Gasteiger partial charge in [0.1, 0.15) is 0 Å². The van der Waals surface area contributed by atoms with Gasteiger partial charge in [0, 0.05) is 28.9 Å². The van der Waals surface area contributed by atoms with Gasteiger partial charge < -0.3 is 14.8 Å². The lowest BCUT2D eigenvalue weighted by Gasteiger charge is -2.40. The smallest absolute Gasteiger partial charge is 0.282 e. The summed E-state index contributed by atoms with van der Waals surface area (Å²) in [5, 5.41) is 3.48. The summed E-state index contributed by atoms with van der Waals surface area (Å²) >= 11 is 7.90. The van der Waals surface area contributed by atoms with E-state index in [0.717, 1.165) is 22.8 Å². The summed E-state index contributed by atoms with van der Waals surface area (Å²) in [5.74, 6) is -1.90. The van der Waals surface area contributed by atoms with E-state index in [0.29, 0.717) is 27.7 Å². The SMILES string of the molecule is CCCSc1cc(Cl)cc(NC(=O)c2cc(-c3ccc(N4CC(F)(F)C4)cn3)n(C)c2)c1. The monoisotopic (exact) mass is 476 g/mol. The second kappa shape index (κ2) is 9.11. The molecular weight excluding hydrogens is 454 g/mol. The summed E-state index contributed by atoms with van der Waals surface area (Å²) in [5.41, 5.74) is 3.19. The van der Waals surface area contributed by atoms with Crippen LogP contribution in [0.3, 0.4) is 0 Å². The molecule has 0 radical (unpaired) electrons. The van der Waals surface area contributed by atoms with Crippen molar-refractivity contribution in [3.63, 3.8) is 0 Å². The largest absolute Gasteiger partial charge is 0.358 e. The number of halogens is 3. The summed E-state index contributed by atoms with van der Waals surface area (Å²) < 4.78 is 28.0. The molecule has 0 spiro atoms. The zero-order valence-corrected chi connectivity index (χ0v) is 19.3. The summed E-state index contributed by atoms with van der Waals surface area (Å²) in [6.45, 7) is 1.54. The van der Waals surface area contributed by atoms with Crippen molar-refractivity contribution >= 4 is 40.6 Å². The Kier molecular flexibility index (Phi) is 6.44. The molecule has 3 aromatic rings.